The maximum Gasteiger partial charge on any atom is 0.276 e. The third-order valence-electron chi connectivity index (χ3n) is 4.86. The lowest BCUT2D eigenvalue weighted by molar-refractivity contribution is 0.0277. The van der Waals surface area contributed by atoms with Gasteiger partial charge in [0.25, 0.3) is 5.91 Å². The maximum atomic E-state index is 12.7. The van der Waals surface area contributed by atoms with E-state index >= 15 is 0 Å². The molecule has 4 heterocycles. The number of fused-ring (bicyclic) bond motifs is 1. The van der Waals surface area contributed by atoms with Crippen LogP contribution >= 0.6 is 0 Å². The van der Waals surface area contributed by atoms with Gasteiger partial charge in [-0.25, -0.2) is 8.42 Å². The Morgan fingerprint density at radius 3 is 2.72 bits per heavy atom. The zero-order valence-electron chi connectivity index (χ0n) is 13.8. The summed E-state index contributed by atoms with van der Waals surface area (Å²) in [7, 11) is -3.19. The predicted molar refractivity (Wildman–Crippen MR) is 87.6 cm³/mol. The molecule has 0 radical (unpaired) electrons. The van der Waals surface area contributed by atoms with Gasteiger partial charge in [-0.2, -0.15) is 0 Å². The Labute approximate surface area is 145 Å². The first kappa shape index (κ1) is 16.3. The lowest BCUT2D eigenvalue weighted by atomic mass is 10.0. The van der Waals surface area contributed by atoms with Gasteiger partial charge in [0.05, 0.1) is 24.1 Å². The first-order valence-electron chi connectivity index (χ1n) is 8.14. The van der Waals surface area contributed by atoms with Gasteiger partial charge >= 0.3 is 0 Å². The summed E-state index contributed by atoms with van der Waals surface area (Å²) in [5, 5.41) is 3.69. The molecule has 0 spiro atoms. The summed E-state index contributed by atoms with van der Waals surface area (Å²) >= 11 is 0. The smallest absolute Gasteiger partial charge is 0.276 e. The molecule has 4 rings (SSSR count). The highest BCUT2D eigenvalue weighted by molar-refractivity contribution is 7.91. The Balaban J connectivity index is 1.58. The average molecular weight is 365 g/mol. The lowest BCUT2D eigenvalue weighted by Gasteiger charge is -2.43. The van der Waals surface area contributed by atoms with Gasteiger partial charge in [-0.05, 0) is 19.1 Å². The van der Waals surface area contributed by atoms with Gasteiger partial charge in [0.15, 0.2) is 15.5 Å². The molecule has 2 fully saturated rings. The zero-order valence-corrected chi connectivity index (χ0v) is 14.6. The fourth-order valence-corrected chi connectivity index (χ4v) is 5.73. The van der Waals surface area contributed by atoms with E-state index in [0.717, 1.165) is 11.5 Å². The molecule has 0 saturated carbocycles. The van der Waals surface area contributed by atoms with Crippen molar-refractivity contribution in [2.75, 3.05) is 24.6 Å². The van der Waals surface area contributed by atoms with Crippen LogP contribution in [0.3, 0.4) is 0 Å². The van der Waals surface area contributed by atoms with Gasteiger partial charge in [-0.3, -0.25) is 9.69 Å². The van der Waals surface area contributed by atoms with Crippen molar-refractivity contribution in [1.29, 1.82) is 0 Å². The van der Waals surface area contributed by atoms with Crippen LogP contribution in [0.15, 0.2) is 33.4 Å². The van der Waals surface area contributed by atoms with Crippen LogP contribution < -0.4 is 0 Å². The van der Waals surface area contributed by atoms with Crippen LogP contribution in [0, 0.1) is 6.92 Å². The standard InChI is InChI=1S/C16H19N3O5S/c1-11-2-3-12(24-11)8-18-5-6-19(16(20)13-4-7-23-17-13)15-10-25(21,22)9-14(15)18/h2-4,7,14-15H,5-6,8-10H2,1H3/t14-,15+/m1/s1. The highest BCUT2D eigenvalue weighted by atomic mass is 32.2. The number of furan rings is 1. The van der Waals surface area contributed by atoms with Crippen LogP contribution in [0.5, 0.6) is 0 Å². The Kier molecular flexibility index (Phi) is 3.92. The summed E-state index contributed by atoms with van der Waals surface area (Å²) in [4.78, 5) is 16.4. The molecule has 2 saturated heterocycles. The minimum Gasteiger partial charge on any atom is -0.465 e. The number of sulfone groups is 1. The average Bonchev–Trinajstić information content (AvgIpc) is 3.26. The molecule has 9 heteroatoms. The summed E-state index contributed by atoms with van der Waals surface area (Å²) in [6.45, 7) is 3.44. The number of hydrogen-bond acceptors (Lipinski definition) is 7. The van der Waals surface area contributed by atoms with Crippen molar-refractivity contribution < 1.29 is 22.2 Å². The molecule has 2 aliphatic heterocycles. The van der Waals surface area contributed by atoms with Crippen molar-refractivity contribution in [3.8, 4) is 0 Å². The van der Waals surface area contributed by atoms with Gasteiger partial charge < -0.3 is 13.8 Å². The van der Waals surface area contributed by atoms with Crippen molar-refractivity contribution in [1.82, 2.24) is 15.0 Å². The van der Waals surface area contributed by atoms with Crippen molar-refractivity contribution in [2.24, 2.45) is 0 Å². The first-order valence-corrected chi connectivity index (χ1v) is 9.96. The monoisotopic (exact) mass is 365 g/mol. The van der Waals surface area contributed by atoms with Gasteiger partial charge in [0, 0.05) is 25.2 Å². The van der Waals surface area contributed by atoms with Crippen molar-refractivity contribution >= 4 is 15.7 Å². The molecule has 2 aromatic heterocycles. The van der Waals surface area contributed by atoms with E-state index in [9.17, 15) is 13.2 Å². The predicted octanol–water partition coefficient (Wildman–Crippen LogP) is 0.700. The van der Waals surface area contributed by atoms with Crippen LogP contribution in [0.25, 0.3) is 0 Å². The minimum atomic E-state index is -3.19. The molecule has 134 valence electrons. The molecule has 0 unspecified atom stereocenters. The number of rotatable bonds is 3. The third-order valence-corrected chi connectivity index (χ3v) is 6.56. The molecule has 2 aromatic rings. The van der Waals surface area contributed by atoms with Crippen molar-refractivity contribution in [3.63, 3.8) is 0 Å². The van der Waals surface area contributed by atoms with E-state index in [1.807, 2.05) is 19.1 Å². The van der Waals surface area contributed by atoms with Crippen LogP contribution in [0.4, 0.5) is 0 Å². The minimum absolute atomic E-state index is 0.0189. The van der Waals surface area contributed by atoms with E-state index in [2.05, 4.69) is 10.1 Å². The van der Waals surface area contributed by atoms with Crippen LogP contribution in [0.2, 0.25) is 0 Å². The number of aromatic nitrogens is 1. The molecule has 0 aromatic carbocycles. The van der Waals surface area contributed by atoms with Crippen LogP contribution in [-0.2, 0) is 16.4 Å². The molecule has 0 aliphatic carbocycles. The van der Waals surface area contributed by atoms with Gasteiger partial charge in [-0.15, -0.1) is 0 Å². The van der Waals surface area contributed by atoms with E-state index in [0.29, 0.717) is 19.6 Å². The van der Waals surface area contributed by atoms with Gasteiger partial charge in [-0.1, -0.05) is 5.16 Å². The second-order valence-corrected chi connectivity index (χ2v) is 8.73. The SMILES string of the molecule is Cc1ccc(CN2CCN(C(=O)c3ccon3)[C@H]3CS(=O)(=O)C[C@H]32)o1. The van der Waals surface area contributed by atoms with E-state index < -0.39 is 9.84 Å². The molecule has 1 amide bonds. The Morgan fingerprint density at radius 2 is 2.04 bits per heavy atom. The molecule has 2 atom stereocenters. The quantitative estimate of drug-likeness (QED) is 0.790. The molecule has 0 N–H and O–H groups in total. The first-order chi connectivity index (χ1) is 11.9. The lowest BCUT2D eigenvalue weighted by Crippen LogP contribution is -2.60. The molecule has 0 bridgehead atoms. The van der Waals surface area contributed by atoms with Crippen LogP contribution in [0.1, 0.15) is 22.0 Å². The summed E-state index contributed by atoms with van der Waals surface area (Å²) < 4.78 is 34.8. The third kappa shape index (κ3) is 3.09. The van der Waals surface area contributed by atoms with Crippen LogP contribution in [-0.4, -0.2) is 66.0 Å². The number of amides is 1. The summed E-state index contributed by atoms with van der Waals surface area (Å²) in [5.74, 6) is 1.38. The highest BCUT2D eigenvalue weighted by Crippen LogP contribution is 2.29. The Hall–Kier alpha value is -2.13. The number of nitrogens with zero attached hydrogens (tertiary/aromatic N) is 3. The second-order valence-electron chi connectivity index (χ2n) is 6.58. The number of carbonyl (C=O) groups is 1. The number of piperazine rings is 1. The second kappa shape index (κ2) is 5.99. The highest BCUT2D eigenvalue weighted by Gasteiger charge is 2.48. The maximum absolute atomic E-state index is 12.7. The summed E-state index contributed by atoms with van der Waals surface area (Å²) in [6.07, 6.45) is 1.34. The van der Waals surface area contributed by atoms with Crippen molar-refractivity contribution in [3.05, 3.63) is 41.7 Å². The zero-order chi connectivity index (χ0) is 17.6. The fourth-order valence-electron chi connectivity index (χ4n) is 3.71. The number of carbonyl (C=O) groups excluding carboxylic acids is 1. The van der Waals surface area contributed by atoms with Gasteiger partial charge in [0.2, 0.25) is 0 Å². The number of hydrogen-bond donors (Lipinski definition) is 0. The largest absolute Gasteiger partial charge is 0.465 e. The molecular weight excluding hydrogens is 346 g/mol. The Bertz CT molecular complexity index is 873. The van der Waals surface area contributed by atoms with E-state index in [1.165, 1.54) is 12.3 Å². The fraction of sp³-hybridized carbons (Fsp3) is 0.500. The molecular formula is C16H19N3O5S. The van der Waals surface area contributed by atoms with Gasteiger partial charge in [0.1, 0.15) is 17.8 Å². The molecule has 25 heavy (non-hydrogen) atoms. The summed E-state index contributed by atoms with van der Waals surface area (Å²) in [5.41, 5.74) is 0.207. The number of aryl methyl sites for hydroxylation is 1. The van der Waals surface area contributed by atoms with E-state index in [4.69, 9.17) is 8.94 Å². The topological polar surface area (TPSA) is 96.9 Å². The van der Waals surface area contributed by atoms with Crippen molar-refractivity contribution in [2.45, 2.75) is 25.6 Å². The Morgan fingerprint density at radius 1 is 1.24 bits per heavy atom. The normalized spacial score (nSPS) is 25.9. The molecule has 8 nitrogen and oxygen atoms in total. The summed E-state index contributed by atoms with van der Waals surface area (Å²) in [6, 6.07) is 4.68. The van der Waals surface area contributed by atoms with E-state index in [1.54, 1.807) is 4.90 Å². The molecule has 2 aliphatic rings. The van der Waals surface area contributed by atoms with E-state index in [-0.39, 0.29) is 35.2 Å².